The van der Waals surface area contributed by atoms with E-state index in [1.807, 2.05) is 11.9 Å². The van der Waals surface area contributed by atoms with E-state index in [1.54, 1.807) is 0 Å². The topological polar surface area (TPSA) is 38.8 Å². The summed E-state index contributed by atoms with van der Waals surface area (Å²) >= 11 is 0. The second-order valence-electron chi connectivity index (χ2n) is 4.29. The molecule has 2 rings (SSSR count). The molecule has 0 bridgehead atoms. The number of likely N-dealkylation sites (tertiary alicyclic amines) is 1. The van der Waals surface area contributed by atoms with Crippen molar-refractivity contribution >= 4 is 5.97 Å². The van der Waals surface area contributed by atoms with Crippen molar-refractivity contribution in [1.82, 2.24) is 4.90 Å². The molecule has 0 aliphatic carbocycles. The normalized spacial score (nSPS) is 38.0. The van der Waals surface area contributed by atoms with Gasteiger partial charge in [-0.3, -0.25) is 9.69 Å². The van der Waals surface area contributed by atoms with Gasteiger partial charge in [-0.25, -0.2) is 0 Å². The van der Waals surface area contributed by atoms with E-state index >= 15 is 0 Å². The molecule has 2 saturated heterocycles. The summed E-state index contributed by atoms with van der Waals surface area (Å²) in [6, 6.07) is -0.113. The Morgan fingerprint density at radius 2 is 2.43 bits per heavy atom. The Balaban J connectivity index is 2.06. The van der Waals surface area contributed by atoms with Crippen LogP contribution < -0.4 is 0 Å². The number of ether oxygens (including phenoxy) is 2. The van der Waals surface area contributed by atoms with Crippen LogP contribution in [-0.4, -0.2) is 49.8 Å². The van der Waals surface area contributed by atoms with Crippen LogP contribution in [0.4, 0.5) is 0 Å². The maximum absolute atomic E-state index is 11.4. The van der Waals surface area contributed by atoms with E-state index in [4.69, 9.17) is 9.47 Å². The summed E-state index contributed by atoms with van der Waals surface area (Å²) in [5, 5.41) is 0. The number of nitrogens with zero attached hydrogens (tertiary/aromatic N) is 1. The molecule has 2 heterocycles. The monoisotopic (exact) mass is 199 g/mol. The summed E-state index contributed by atoms with van der Waals surface area (Å²) in [4.78, 5) is 13.5. The summed E-state index contributed by atoms with van der Waals surface area (Å²) in [5.74, 6) is -0.139. The summed E-state index contributed by atoms with van der Waals surface area (Å²) in [7, 11) is 3.40. The number of esters is 1. The number of rotatable bonds is 1. The molecular weight excluding hydrogens is 182 g/mol. The van der Waals surface area contributed by atoms with E-state index in [0.29, 0.717) is 0 Å². The first-order valence-electron chi connectivity index (χ1n) is 5.09. The standard InChI is InChI=1S/C10H17NO3/c1-11-7-10(4-3-5-14-10)6-8(11)9(12)13-2/h8H,3-7H2,1-2H3. The maximum Gasteiger partial charge on any atom is 0.323 e. The molecule has 2 atom stereocenters. The lowest BCUT2D eigenvalue weighted by molar-refractivity contribution is -0.145. The van der Waals surface area contributed by atoms with E-state index in [0.717, 1.165) is 32.4 Å². The fourth-order valence-electron chi connectivity index (χ4n) is 2.58. The number of hydrogen-bond donors (Lipinski definition) is 0. The first-order chi connectivity index (χ1) is 6.67. The molecule has 0 aromatic rings. The maximum atomic E-state index is 11.4. The van der Waals surface area contributed by atoms with Crippen molar-refractivity contribution in [2.24, 2.45) is 0 Å². The van der Waals surface area contributed by atoms with Crippen LogP contribution >= 0.6 is 0 Å². The molecule has 14 heavy (non-hydrogen) atoms. The average molecular weight is 199 g/mol. The van der Waals surface area contributed by atoms with Crippen LogP contribution in [0, 0.1) is 0 Å². The summed E-state index contributed by atoms with van der Waals surface area (Å²) in [6.45, 7) is 1.69. The minimum Gasteiger partial charge on any atom is -0.468 e. The van der Waals surface area contributed by atoms with Gasteiger partial charge in [-0.2, -0.15) is 0 Å². The third kappa shape index (κ3) is 1.53. The summed E-state index contributed by atoms with van der Waals surface area (Å²) in [5.41, 5.74) is -0.0619. The van der Waals surface area contributed by atoms with Crippen molar-refractivity contribution < 1.29 is 14.3 Å². The molecule has 2 fully saturated rings. The Morgan fingerprint density at radius 3 is 3.00 bits per heavy atom. The van der Waals surface area contributed by atoms with Crippen LogP contribution in [0.2, 0.25) is 0 Å². The van der Waals surface area contributed by atoms with E-state index in [-0.39, 0.29) is 17.6 Å². The fourth-order valence-corrected chi connectivity index (χ4v) is 2.58. The Labute approximate surface area is 84.2 Å². The van der Waals surface area contributed by atoms with Gasteiger partial charge < -0.3 is 9.47 Å². The highest BCUT2D eigenvalue weighted by atomic mass is 16.5. The molecule has 2 aliphatic heterocycles. The molecular formula is C10H17NO3. The van der Waals surface area contributed by atoms with E-state index < -0.39 is 0 Å². The van der Waals surface area contributed by atoms with Crippen LogP contribution in [0.1, 0.15) is 19.3 Å². The van der Waals surface area contributed by atoms with Crippen molar-refractivity contribution in [3.63, 3.8) is 0 Å². The van der Waals surface area contributed by atoms with Crippen molar-refractivity contribution in [3.05, 3.63) is 0 Å². The highest BCUT2D eigenvalue weighted by molar-refractivity contribution is 5.76. The lowest BCUT2D eigenvalue weighted by Crippen LogP contribution is -2.33. The Hall–Kier alpha value is -0.610. The number of methoxy groups -OCH3 is 1. The lowest BCUT2D eigenvalue weighted by atomic mass is 9.97. The molecule has 0 N–H and O–H groups in total. The van der Waals surface area contributed by atoms with Gasteiger partial charge in [0.15, 0.2) is 0 Å². The summed E-state index contributed by atoms with van der Waals surface area (Å²) in [6.07, 6.45) is 2.97. The quantitative estimate of drug-likeness (QED) is 0.573. The molecule has 80 valence electrons. The largest absolute Gasteiger partial charge is 0.468 e. The SMILES string of the molecule is COC(=O)C1CC2(CCCO2)CN1C. The molecule has 2 aliphatic rings. The average Bonchev–Trinajstić information content (AvgIpc) is 2.74. The van der Waals surface area contributed by atoms with Crippen molar-refractivity contribution in [2.45, 2.75) is 30.9 Å². The van der Waals surface area contributed by atoms with E-state index in [1.165, 1.54) is 7.11 Å². The molecule has 4 nitrogen and oxygen atoms in total. The third-order valence-corrected chi connectivity index (χ3v) is 3.29. The minimum absolute atomic E-state index is 0.0619. The molecule has 0 saturated carbocycles. The van der Waals surface area contributed by atoms with Crippen molar-refractivity contribution in [1.29, 1.82) is 0 Å². The predicted molar refractivity (Wildman–Crippen MR) is 51.0 cm³/mol. The smallest absolute Gasteiger partial charge is 0.323 e. The molecule has 0 radical (unpaired) electrons. The molecule has 4 heteroatoms. The van der Waals surface area contributed by atoms with Crippen LogP contribution in [0.3, 0.4) is 0 Å². The number of carbonyl (C=O) groups excluding carboxylic acids is 1. The number of likely N-dealkylation sites (N-methyl/N-ethyl adjacent to an activating group) is 1. The fraction of sp³-hybridized carbons (Fsp3) is 0.900. The number of hydrogen-bond acceptors (Lipinski definition) is 4. The zero-order chi connectivity index (χ0) is 10.2. The van der Waals surface area contributed by atoms with Gasteiger partial charge in [-0.05, 0) is 19.9 Å². The van der Waals surface area contributed by atoms with Gasteiger partial charge in [0, 0.05) is 19.6 Å². The third-order valence-electron chi connectivity index (χ3n) is 3.29. The zero-order valence-electron chi connectivity index (χ0n) is 8.78. The molecule has 0 aromatic heterocycles. The molecule has 1 spiro atoms. The van der Waals surface area contributed by atoms with Crippen LogP contribution in [-0.2, 0) is 14.3 Å². The van der Waals surface area contributed by atoms with Gasteiger partial charge in [0.1, 0.15) is 6.04 Å². The molecule has 0 aromatic carbocycles. The van der Waals surface area contributed by atoms with Gasteiger partial charge in [0.25, 0.3) is 0 Å². The van der Waals surface area contributed by atoms with E-state index in [2.05, 4.69) is 0 Å². The summed E-state index contributed by atoms with van der Waals surface area (Å²) < 4.78 is 10.5. The van der Waals surface area contributed by atoms with Crippen molar-refractivity contribution in [2.75, 3.05) is 27.3 Å². The second-order valence-corrected chi connectivity index (χ2v) is 4.29. The van der Waals surface area contributed by atoms with Gasteiger partial charge >= 0.3 is 5.97 Å². The van der Waals surface area contributed by atoms with Crippen LogP contribution in [0.15, 0.2) is 0 Å². The van der Waals surface area contributed by atoms with Crippen molar-refractivity contribution in [3.8, 4) is 0 Å². The number of carbonyl (C=O) groups is 1. The Morgan fingerprint density at radius 1 is 1.64 bits per heavy atom. The Kier molecular flexibility index (Phi) is 2.49. The van der Waals surface area contributed by atoms with Gasteiger partial charge in [0.2, 0.25) is 0 Å². The molecule has 0 amide bonds. The zero-order valence-corrected chi connectivity index (χ0v) is 8.78. The lowest BCUT2D eigenvalue weighted by Gasteiger charge is -2.21. The van der Waals surface area contributed by atoms with Crippen LogP contribution in [0.5, 0.6) is 0 Å². The van der Waals surface area contributed by atoms with Gasteiger partial charge in [0.05, 0.1) is 12.7 Å². The first-order valence-corrected chi connectivity index (χ1v) is 5.09. The van der Waals surface area contributed by atoms with E-state index in [9.17, 15) is 4.79 Å². The van der Waals surface area contributed by atoms with Gasteiger partial charge in [-0.15, -0.1) is 0 Å². The Bertz CT molecular complexity index is 236. The van der Waals surface area contributed by atoms with Gasteiger partial charge in [-0.1, -0.05) is 0 Å². The second kappa shape index (κ2) is 3.51. The predicted octanol–water partition coefficient (Wildman–Crippen LogP) is 0.413. The highest BCUT2D eigenvalue weighted by Crippen LogP contribution is 2.37. The first kappa shape index (κ1) is 9.93. The molecule has 2 unspecified atom stereocenters. The highest BCUT2D eigenvalue weighted by Gasteiger charge is 2.48. The van der Waals surface area contributed by atoms with Crippen LogP contribution in [0.25, 0.3) is 0 Å². The minimum atomic E-state index is -0.139.